The normalized spacial score (nSPS) is 22.9. The maximum Gasteiger partial charge on any atom is 0.417 e. The number of fused-ring (bicyclic) bond motifs is 1. The Kier molecular flexibility index (Phi) is 5.86. The summed E-state index contributed by atoms with van der Waals surface area (Å²) in [6.07, 6.45) is -2.51. The van der Waals surface area contributed by atoms with Crippen molar-refractivity contribution in [3.8, 4) is 6.07 Å². The average Bonchev–Trinajstić information content (AvgIpc) is 3.37. The van der Waals surface area contributed by atoms with Gasteiger partial charge in [0.05, 0.1) is 35.6 Å². The standard InChI is InChI=1S/C23H26F3N5O2/c1-3-31-15(2)19(10-28-31)21(33)30-12-17-11-29(7-6-22(17,13-30)14-32)18-5-4-16(9-27)20(8-18)23(24,25)26/h4-5,8,10,17,32H,3,6-7,11-14H2,1-2H3/t17-,22+/m1/s1. The molecule has 0 unspecified atom stereocenters. The first-order valence-corrected chi connectivity index (χ1v) is 10.9. The molecule has 1 amide bonds. The number of aromatic nitrogens is 2. The third kappa shape index (κ3) is 3.95. The predicted octanol–water partition coefficient (Wildman–Crippen LogP) is 3.06. The molecular weight excluding hydrogens is 435 g/mol. The molecule has 3 heterocycles. The Morgan fingerprint density at radius 2 is 2.12 bits per heavy atom. The van der Waals surface area contributed by atoms with E-state index in [-0.39, 0.29) is 18.4 Å². The number of alkyl halides is 3. The summed E-state index contributed by atoms with van der Waals surface area (Å²) in [4.78, 5) is 16.8. The fraction of sp³-hybridized carbons (Fsp3) is 0.522. The lowest BCUT2D eigenvalue weighted by atomic mass is 9.73. The quantitative estimate of drug-likeness (QED) is 0.757. The zero-order valence-electron chi connectivity index (χ0n) is 18.6. The van der Waals surface area contributed by atoms with Gasteiger partial charge in [0.1, 0.15) is 0 Å². The number of rotatable bonds is 4. The van der Waals surface area contributed by atoms with E-state index >= 15 is 0 Å². The molecule has 0 radical (unpaired) electrons. The SMILES string of the molecule is CCn1ncc(C(=O)N2C[C@H]3CN(c4ccc(C#N)c(C(F)(F)F)c4)CC[C@@]3(CO)C2)c1C. The van der Waals surface area contributed by atoms with E-state index in [0.29, 0.717) is 50.4 Å². The summed E-state index contributed by atoms with van der Waals surface area (Å²) in [5, 5.41) is 23.5. The number of carbonyl (C=O) groups is 1. The Morgan fingerprint density at radius 3 is 2.73 bits per heavy atom. The van der Waals surface area contributed by atoms with Crippen molar-refractivity contribution in [3.05, 3.63) is 46.8 Å². The topological polar surface area (TPSA) is 85.4 Å². The number of benzene rings is 1. The van der Waals surface area contributed by atoms with Crippen LogP contribution in [0.4, 0.5) is 18.9 Å². The van der Waals surface area contributed by atoms with Gasteiger partial charge in [0, 0.05) is 55.4 Å². The van der Waals surface area contributed by atoms with Gasteiger partial charge in [-0.15, -0.1) is 0 Å². The van der Waals surface area contributed by atoms with Crippen molar-refractivity contribution in [2.45, 2.75) is 33.0 Å². The number of aryl methyl sites for hydroxylation is 1. The number of piperidine rings is 1. The minimum Gasteiger partial charge on any atom is -0.396 e. The summed E-state index contributed by atoms with van der Waals surface area (Å²) in [5.41, 5.74) is -0.142. The monoisotopic (exact) mass is 461 g/mol. The Balaban J connectivity index is 1.57. The minimum atomic E-state index is -4.62. The van der Waals surface area contributed by atoms with E-state index in [0.717, 1.165) is 11.8 Å². The van der Waals surface area contributed by atoms with Crippen LogP contribution in [-0.2, 0) is 12.7 Å². The first kappa shape index (κ1) is 23.1. The largest absolute Gasteiger partial charge is 0.417 e. The first-order chi connectivity index (χ1) is 15.6. The molecule has 7 nitrogen and oxygen atoms in total. The fourth-order valence-electron chi connectivity index (χ4n) is 5.14. The summed E-state index contributed by atoms with van der Waals surface area (Å²) in [6, 6.07) is 5.35. The smallest absolute Gasteiger partial charge is 0.396 e. The van der Waals surface area contributed by atoms with Crippen molar-refractivity contribution in [1.82, 2.24) is 14.7 Å². The molecule has 2 aliphatic rings. The van der Waals surface area contributed by atoms with Crippen LogP contribution in [0.2, 0.25) is 0 Å². The number of amides is 1. The van der Waals surface area contributed by atoms with Crippen LogP contribution in [0.25, 0.3) is 0 Å². The lowest BCUT2D eigenvalue weighted by Crippen LogP contribution is -2.49. The van der Waals surface area contributed by atoms with Crippen molar-refractivity contribution < 1.29 is 23.1 Å². The van der Waals surface area contributed by atoms with Crippen LogP contribution in [0.1, 0.15) is 40.5 Å². The van der Waals surface area contributed by atoms with Crippen molar-refractivity contribution in [2.24, 2.45) is 11.3 Å². The van der Waals surface area contributed by atoms with Crippen molar-refractivity contribution >= 4 is 11.6 Å². The van der Waals surface area contributed by atoms with Gasteiger partial charge in [0.25, 0.3) is 5.91 Å². The molecule has 1 aromatic heterocycles. The Morgan fingerprint density at radius 1 is 1.36 bits per heavy atom. The Bertz CT molecular complexity index is 1110. The van der Waals surface area contributed by atoms with Crippen LogP contribution in [0.3, 0.4) is 0 Å². The number of nitriles is 1. The van der Waals surface area contributed by atoms with Gasteiger partial charge >= 0.3 is 6.18 Å². The van der Waals surface area contributed by atoms with Gasteiger partial charge in [-0.3, -0.25) is 9.48 Å². The van der Waals surface area contributed by atoms with Crippen LogP contribution in [0, 0.1) is 29.6 Å². The summed E-state index contributed by atoms with van der Waals surface area (Å²) < 4.78 is 42.0. The molecule has 2 aromatic rings. The number of anilines is 1. The maximum absolute atomic E-state index is 13.4. The highest BCUT2D eigenvalue weighted by Crippen LogP contribution is 2.44. The molecule has 0 spiro atoms. The van der Waals surface area contributed by atoms with Gasteiger partial charge in [-0.25, -0.2) is 0 Å². The highest BCUT2D eigenvalue weighted by atomic mass is 19.4. The van der Waals surface area contributed by atoms with Crippen LogP contribution in [-0.4, -0.2) is 58.5 Å². The molecule has 1 aromatic carbocycles. The van der Waals surface area contributed by atoms with E-state index in [2.05, 4.69) is 5.10 Å². The summed E-state index contributed by atoms with van der Waals surface area (Å²) >= 11 is 0. The average molecular weight is 461 g/mol. The van der Waals surface area contributed by atoms with Crippen LogP contribution in [0.15, 0.2) is 24.4 Å². The first-order valence-electron chi connectivity index (χ1n) is 10.9. The van der Waals surface area contributed by atoms with Crippen LogP contribution >= 0.6 is 0 Å². The summed E-state index contributed by atoms with van der Waals surface area (Å²) in [7, 11) is 0. The Hall–Kier alpha value is -3.06. The number of aliphatic hydroxyl groups is 1. The van der Waals surface area contributed by atoms with E-state index in [4.69, 9.17) is 5.26 Å². The fourth-order valence-corrected chi connectivity index (χ4v) is 5.14. The van der Waals surface area contributed by atoms with Gasteiger partial charge in [0.15, 0.2) is 0 Å². The molecule has 2 atom stereocenters. The molecule has 0 aliphatic carbocycles. The molecule has 33 heavy (non-hydrogen) atoms. The number of aliphatic hydroxyl groups excluding tert-OH is 1. The van der Waals surface area contributed by atoms with Crippen molar-refractivity contribution in [1.29, 1.82) is 5.26 Å². The third-order valence-corrected chi connectivity index (χ3v) is 7.16. The van der Waals surface area contributed by atoms with Crippen LogP contribution < -0.4 is 4.90 Å². The molecular formula is C23H26F3N5O2. The molecule has 4 rings (SSSR count). The lowest BCUT2D eigenvalue weighted by Gasteiger charge is -2.43. The van der Waals surface area contributed by atoms with E-state index < -0.39 is 22.7 Å². The molecule has 176 valence electrons. The van der Waals surface area contributed by atoms with Crippen molar-refractivity contribution in [3.63, 3.8) is 0 Å². The van der Waals surface area contributed by atoms with Gasteiger partial charge in [-0.2, -0.15) is 23.5 Å². The van der Waals surface area contributed by atoms with E-state index in [1.807, 2.05) is 18.7 Å². The molecule has 2 fully saturated rings. The van der Waals surface area contributed by atoms with E-state index in [9.17, 15) is 23.1 Å². The zero-order valence-corrected chi connectivity index (χ0v) is 18.6. The van der Waals surface area contributed by atoms with Gasteiger partial charge in [-0.1, -0.05) is 0 Å². The summed E-state index contributed by atoms with van der Waals surface area (Å²) in [6.45, 7) is 6.04. The highest BCUT2D eigenvalue weighted by molar-refractivity contribution is 5.95. The number of hydrogen-bond donors (Lipinski definition) is 1. The number of nitrogens with zero attached hydrogens (tertiary/aromatic N) is 5. The zero-order chi connectivity index (χ0) is 24.0. The van der Waals surface area contributed by atoms with E-state index in [1.54, 1.807) is 21.8 Å². The molecule has 0 bridgehead atoms. The number of likely N-dealkylation sites (tertiary alicyclic amines) is 1. The van der Waals surface area contributed by atoms with Gasteiger partial charge < -0.3 is 14.9 Å². The Labute approximate surface area is 190 Å². The molecule has 0 saturated carbocycles. The third-order valence-electron chi connectivity index (χ3n) is 7.16. The van der Waals surface area contributed by atoms with Gasteiger partial charge in [0.2, 0.25) is 0 Å². The predicted molar refractivity (Wildman–Crippen MR) is 115 cm³/mol. The number of carbonyl (C=O) groups excluding carboxylic acids is 1. The second kappa shape index (κ2) is 8.37. The van der Waals surface area contributed by atoms with E-state index in [1.165, 1.54) is 12.1 Å². The van der Waals surface area contributed by atoms with Gasteiger partial charge in [-0.05, 0) is 38.5 Å². The highest BCUT2D eigenvalue weighted by Gasteiger charge is 2.50. The maximum atomic E-state index is 13.4. The summed E-state index contributed by atoms with van der Waals surface area (Å²) in [5.74, 6) is -0.231. The lowest BCUT2D eigenvalue weighted by molar-refractivity contribution is -0.137. The molecule has 10 heteroatoms. The molecule has 2 saturated heterocycles. The second-order valence-electron chi connectivity index (χ2n) is 8.90. The minimum absolute atomic E-state index is 0.0910. The number of hydrogen-bond acceptors (Lipinski definition) is 5. The van der Waals surface area contributed by atoms with Crippen molar-refractivity contribution in [2.75, 3.05) is 37.7 Å². The molecule has 1 N–H and O–H groups in total. The van der Waals surface area contributed by atoms with Crippen LogP contribution in [0.5, 0.6) is 0 Å². The number of halogens is 3. The molecule has 2 aliphatic heterocycles. The second-order valence-corrected chi connectivity index (χ2v) is 8.90.